The van der Waals surface area contributed by atoms with E-state index in [1.165, 1.54) is 29.3 Å². The third-order valence-electron chi connectivity index (χ3n) is 10.5. The van der Waals surface area contributed by atoms with Crippen LogP contribution in [0.5, 0.6) is 0 Å². The summed E-state index contributed by atoms with van der Waals surface area (Å²) < 4.78 is 3.04. The molecule has 2 saturated carbocycles. The standard InChI is InChI=1S/C25H27N5O3.C22H21N5O3/c1-14(2)28-24(32)17-6-4-5-16(11-17)22(31)20-13-27-30(23(20)26)21-12-18(8-7-15(21)3)25(33)29-19-9-10-19;1-12-5-6-15(22(30)26-16-7-8-16)10-17(12)27-11-25-18(20(27)23)19(28)13-3-2-4-14(9-13)21(24)29/h4-8,11-14,19H,9-10,26H2,1-3H3,(H,28,32)(H,29,33);2-6,9-11,16H,7-8,23H2,1H3,(H2,24,29)(H,26,30). The average Bonchev–Trinajstić information content (AvgIpc) is 4.20. The van der Waals surface area contributed by atoms with Gasteiger partial charge >= 0.3 is 0 Å². The zero-order valence-corrected chi connectivity index (χ0v) is 35.3. The SMILES string of the molecule is Cc1ccc(C(=O)NC2CC2)cc1-n1cnc(C(=O)c2cccc(C(N)=O)c2)c1N.Cc1ccc(C(=O)NC2CC2)cc1-n1ncc(C(=O)c2cccc(C(=O)NC(C)C)c2)c1N. The molecule has 0 spiro atoms. The van der Waals surface area contributed by atoms with Gasteiger partial charge in [-0.2, -0.15) is 5.10 Å². The maximum absolute atomic E-state index is 13.2. The number of anilines is 2. The molecule has 2 aliphatic rings. The van der Waals surface area contributed by atoms with Gasteiger partial charge in [-0.3, -0.25) is 33.3 Å². The summed E-state index contributed by atoms with van der Waals surface area (Å²) in [7, 11) is 0. The lowest BCUT2D eigenvalue weighted by atomic mass is 10.0. The molecule has 9 N–H and O–H groups in total. The molecular weight excluding hydrogens is 801 g/mol. The van der Waals surface area contributed by atoms with Crippen molar-refractivity contribution in [1.82, 2.24) is 35.3 Å². The van der Waals surface area contributed by atoms with Crippen LogP contribution in [-0.2, 0) is 0 Å². The Labute approximate surface area is 363 Å². The highest BCUT2D eigenvalue weighted by Gasteiger charge is 2.27. The van der Waals surface area contributed by atoms with Crippen LogP contribution in [0.15, 0.2) is 97.5 Å². The highest BCUT2D eigenvalue weighted by atomic mass is 16.2. The average molecular weight is 849 g/mol. The monoisotopic (exact) mass is 848 g/mol. The molecule has 0 unspecified atom stereocenters. The van der Waals surface area contributed by atoms with Crippen LogP contribution in [0.2, 0.25) is 0 Å². The van der Waals surface area contributed by atoms with E-state index in [4.69, 9.17) is 17.2 Å². The molecule has 2 aromatic heterocycles. The number of nitrogen functional groups attached to an aromatic ring is 2. The number of ketones is 2. The predicted molar refractivity (Wildman–Crippen MR) is 237 cm³/mol. The highest BCUT2D eigenvalue weighted by molar-refractivity contribution is 6.13. The van der Waals surface area contributed by atoms with E-state index in [1.54, 1.807) is 65.2 Å². The fourth-order valence-corrected chi connectivity index (χ4v) is 6.68. The lowest BCUT2D eigenvalue weighted by Crippen LogP contribution is -2.30. The van der Waals surface area contributed by atoms with Crippen molar-refractivity contribution >= 4 is 46.8 Å². The summed E-state index contributed by atoms with van der Waals surface area (Å²) in [6, 6.07) is 23.7. The van der Waals surface area contributed by atoms with Gasteiger partial charge in [-0.25, -0.2) is 9.67 Å². The molecule has 8 rings (SSSR count). The van der Waals surface area contributed by atoms with E-state index >= 15 is 0 Å². The molecule has 322 valence electrons. The molecule has 4 aromatic carbocycles. The molecule has 4 amide bonds. The number of hydrogen-bond donors (Lipinski definition) is 6. The first kappa shape index (κ1) is 43.2. The van der Waals surface area contributed by atoms with Crippen LogP contribution in [0.1, 0.15) is 124 Å². The molecule has 0 saturated heterocycles. The van der Waals surface area contributed by atoms with Gasteiger partial charge < -0.3 is 33.2 Å². The molecule has 63 heavy (non-hydrogen) atoms. The third-order valence-corrected chi connectivity index (χ3v) is 10.5. The van der Waals surface area contributed by atoms with E-state index < -0.39 is 11.7 Å². The van der Waals surface area contributed by atoms with Gasteiger partial charge in [0.25, 0.3) is 17.7 Å². The number of imidazole rings is 1. The summed E-state index contributed by atoms with van der Waals surface area (Å²) in [4.78, 5) is 78.8. The molecule has 0 atom stereocenters. The van der Waals surface area contributed by atoms with Crippen molar-refractivity contribution in [3.05, 3.63) is 153 Å². The van der Waals surface area contributed by atoms with Crippen LogP contribution in [0.4, 0.5) is 11.6 Å². The number of benzene rings is 4. The summed E-state index contributed by atoms with van der Waals surface area (Å²) in [5.41, 5.74) is 23.4. The minimum absolute atomic E-state index is 0.0175. The quantitative estimate of drug-likeness (QED) is 0.0848. The van der Waals surface area contributed by atoms with E-state index in [0.29, 0.717) is 33.6 Å². The number of nitrogens with one attached hydrogen (secondary N) is 3. The van der Waals surface area contributed by atoms with Crippen molar-refractivity contribution in [2.24, 2.45) is 5.73 Å². The first-order valence-electron chi connectivity index (χ1n) is 20.5. The number of carbonyl (C=O) groups excluding carboxylic acids is 6. The van der Waals surface area contributed by atoms with Gasteiger partial charge in [0.1, 0.15) is 18.0 Å². The van der Waals surface area contributed by atoms with E-state index in [2.05, 4.69) is 26.0 Å². The Morgan fingerprint density at radius 2 is 1.14 bits per heavy atom. The number of rotatable bonds is 13. The van der Waals surface area contributed by atoms with Crippen LogP contribution < -0.4 is 33.2 Å². The van der Waals surface area contributed by atoms with Crippen molar-refractivity contribution < 1.29 is 28.8 Å². The topological polar surface area (TPSA) is 252 Å². The Hall–Kier alpha value is -7.88. The second kappa shape index (κ2) is 18.0. The fourth-order valence-electron chi connectivity index (χ4n) is 6.68. The number of nitrogens with zero attached hydrogens (tertiary/aromatic N) is 4. The summed E-state index contributed by atoms with van der Waals surface area (Å²) >= 11 is 0. The maximum Gasteiger partial charge on any atom is 0.251 e. The molecule has 16 heteroatoms. The first-order valence-corrected chi connectivity index (χ1v) is 20.5. The van der Waals surface area contributed by atoms with Crippen LogP contribution in [0, 0.1) is 13.8 Å². The molecule has 2 fully saturated rings. The van der Waals surface area contributed by atoms with E-state index in [0.717, 1.165) is 36.8 Å². The molecule has 0 aliphatic heterocycles. The van der Waals surface area contributed by atoms with Crippen LogP contribution in [-0.4, -0.2) is 72.7 Å². The van der Waals surface area contributed by atoms with Crippen molar-refractivity contribution in [3.63, 3.8) is 0 Å². The summed E-state index contributed by atoms with van der Waals surface area (Å²) in [6.07, 6.45) is 6.87. The Kier molecular flexibility index (Phi) is 12.3. The Morgan fingerprint density at radius 3 is 1.71 bits per heavy atom. The van der Waals surface area contributed by atoms with Gasteiger partial charge in [-0.15, -0.1) is 0 Å². The Morgan fingerprint density at radius 1 is 0.635 bits per heavy atom. The van der Waals surface area contributed by atoms with Gasteiger partial charge in [0, 0.05) is 51.5 Å². The van der Waals surface area contributed by atoms with Crippen molar-refractivity contribution in [2.75, 3.05) is 11.5 Å². The Balaban J connectivity index is 0.000000190. The van der Waals surface area contributed by atoms with E-state index in [1.807, 2.05) is 39.8 Å². The van der Waals surface area contributed by atoms with Crippen molar-refractivity contribution in [3.8, 4) is 11.4 Å². The van der Waals surface area contributed by atoms with E-state index in [-0.39, 0.29) is 75.7 Å². The molecule has 0 bridgehead atoms. The number of primary amides is 1. The van der Waals surface area contributed by atoms with Crippen molar-refractivity contribution in [1.29, 1.82) is 0 Å². The first-order chi connectivity index (χ1) is 30.1. The second-order valence-corrected chi connectivity index (χ2v) is 16.0. The lowest BCUT2D eigenvalue weighted by molar-refractivity contribution is 0.0936. The second-order valence-electron chi connectivity index (χ2n) is 16.0. The van der Waals surface area contributed by atoms with Crippen LogP contribution >= 0.6 is 0 Å². The number of carbonyl (C=O) groups is 6. The molecule has 16 nitrogen and oxygen atoms in total. The highest BCUT2D eigenvalue weighted by Crippen LogP contribution is 2.27. The normalized spacial score (nSPS) is 13.1. The summed E-state index contributed by atoms with van der Waals surface area (Å²) in [5, 5.41) is 13.1. The number of amides is 4. The van der Waals surface area contributed by atoms with Gasteiger partial charge in [0.2, 0.25) is 11.7 Å². The number of aryl methyl sites for hydroxylation is 2. The lowest BCUT2D eigenvalue weighted by Gasteiger charge is -2.12. The largest absolute Gasteiger partial charge is 0.383 e. The number of aromatic nitrogens is 4. The van der Waals surface area contributed by atoms with Gasteiger partial charge in [0.05, 0.1) is 23.1 Å². The third kappa shape index (κ3) is 9.86. The molecule has 0 radical (unpaired) electrons. The fraction of sp³-hybridized carbons (Fsp3) is 0.234. The minimum Gasteiger partial charge on any atom is -0.383 e. The molecule has 6 aromatic rings. The maximum atomic E-state index is 13.2. The molecular formula is C47H48N10O6. The minimum atomic E-state index is -0.625. The van der Waals surface area contributed by atoms with Gasteiger partial charge in [-0.1, -0.05) is 36.4 Å². The van der Waals surface area contributed by atoms with Crippen molar-refractivity contribution in [2.45, 2.75) is 71.5 Å². The summed E-state index contributed by atoms with van der Waals surface area (Å²) in [6.45, 7) is 7.51. The van der Waals surface area contributed by atoms with Crippen LogP contribution in [0.25, 0.3) is 11.4 Å². The van der Waals surface area contributed by atoms with Crippen LogP contribution in [0.3, 0.4) is 0 Å². The zero-order chi connectivity index (χ0) is 45.1. The van der Waals surface area contributed by atoms with E-state index in [9.17, 15) is 28.8 Å². The molecule has 2 aliphatic carbocycles. The molecule has 2 heterocycles. The zero-order valence-electron chi connectivity index (χ0n) is 35.3. The van der Waals surface area contributed by atoms with Gasteiger partial charge in [0.15, 0.2) is 11.5 Å². The van der Waals surface area contributed by atoms with Gasteiger partial charge in [-0.05, 0) is 113 Å². The number of nitrogens with two attached hydrogens (primary N) is 3. The number of hydrogen-bond acceptors (Lipinski definition) is 10. The summed E-state index contributed by atoms with van der Waals surface area (Å²) in [5.74, 6) is -1.60. The Bertz CT molecular complexity index is 2800. The predicted octanol–water partition coefficient (Wildman–Crippen LogP) is 5.01. The smallest absolute Gasteiger partial charge is 0.251 e.